The Kier molecular flexibility index (Phi) is 7.45. The molecule has 0 spiro atoms. The standard InChI is InChI=1S/C14H20N2O4S/c1-20-12-6-4-3-5-10(12)9-15-14(19)16-11(13(17)18)7-8-21-2/h3-6,11H,7-9H2,1-2H3,(H,17,18)(H2,15,16,19)/t11-/m1/s1. The summed E-state index contributed by atoms with van der Waals surface area (Å²) in [4.78, 5) is 22.8. The van der Waals surface area contributed by atoms with Gasteiger partial charge in [0.15, 0.2) is 0 Å². The van der Waals surface area contributed by atoms with Gasteiger partial charge in [-0.15, -0.1) is 0 Å². The van der Waals surface area contributed by atoms with Crippen LogP contribution in [0.25, 0.3) is 0 Å². The first kappa shape index (κ1) is 17.2. The van der Waals surface area contributed by atoms with Gasteiger partial charge in [-0.1, -0.05) is 18.2 Å². The zero-order chi connectivity index (χ0) is 15.7. The largest absolute Gasteiger partial charge is 0.496 e. The molecule has 0 unspecified atom stereocenters. The lowest BCUT2D eigenvalue weighted by atomic mass is 10.2. The van der Waals surface area contributed by atoms with Crippen LogP contribution in [-0.4, -0.2) is 42.3 Å². The van der Waals surface area contributed by atoms with Crippen LogP contribution in [0, 0.1) is 0 Å². The molecule has 0 saturated carbocycles. The van der Waals surface area contributed by atoms with Gasteiger partial charge in [-0.25, -0.2) is 9.59 Å². The number of carboxylic acid groups (broad SMARTS) is 1. The van der Waals surface area contributed by atoms with Crippen molar-refractivity contribution in [1.29, 1.82) is 0 Å². The highest BCUT2D eigenvalue weighted by Crippen LogP contribution is 2.16. The molecule has 2 amide bonds. The molecule has 0 heterocycles. The van der Waals surface area contributed by atoms with Gasteiger partial charge in [0.25, 0.3) is 0 Å². The van der Waals surface area contributed by atoms with Crippen molar-refractivity contribution < 1.29 is 19.4 Å². The van der Waals surface area contributed by atoms with Crippen LogP contribution in [0.2, 0.25) is 0 Å². The third kappa shape index (κ3) is 5.95. The number of ether oxygens (including phenoxy) is 1. The number of rotatable bonds is 8. The first-order valence-electron chi connectivity index (χ1n) is 6.46. The normalized spacial score (nSPS) is 11.5. The van der Waals surface area contributed by atoms with Crippen LogP contribution in [0.3, 0.4) is 0 Å². The maximum atomic E-state index is 11.8. The molecule has 0 bridgehead atoms. The monoisotopic (exact) mass is 312 g/mol. The van der Waals surface area contributed by atoms with Gasteiger partial charge in [-0.2, -0.15) is 11.8 Å². The molecule has 1 aromatic carbocycles. The maximum Gasteiger partial charge on any atom is 0.326 e. The molecule has 0 aliphatic carbocycles. The van der Waals surface area contributed by atoms with E-state index in [2.05, 4.69) is 10.6 Å². The molecule has 21 heavy (non-hydrogen) atoms. The lowest BCUT2D eigenvalue weighted by Gasteiger charge is -2.15. The van der Waals surface area contributed by atoms with Crippen molar-refractivity contribution in [3.05, 3.63) is 29.8 Å². The van der Waals surface area contributed by atoms with Crippen LogP contribution in [0.4, 0.5) is 4.79 Å². The second kappa shape index (κ2) is 9.12. The number of nitrogens with one attached hydrogen (secondary N) is 2. The Balaban J connectivity index is 2.50. The third-order valence-corrected chi connectivity index (χ3v) is 3.49. The summed E-state index contributed by atoms with van der Waals surface area (Å²) in [7, 11) is 1.56. The molecule has 6 nitrogen and oxygen atoms in total. The van der Waals surface area contributed by atoms with Gasteiger partial charge in [-0.05, 0) is 24.5 Å². The van der Waals surface area contributed by atoms with E-state index in [0.717, 1.165) is 5.56 Å². The van der Waals surface area contributed by atoms with Gasteiger partial charge in [0.1, 0.15) is 11.8 Å². The SMILES string of the molecule is COc1ccccc1CNC(=O)N[C@H](CCSC)C(=O)O. The minimum absolute atomic E-state index is 0.269. The lowest BCUT2D eigenvalue weighted by Crippen LogP contribution is -2.46. The van der Waals surface area contributed by atoms with Crippen LogP contribution >= 0.6 is 11.8 Å². The van der Waals surface area contributed by atoms with E-state index >= 15 is 0 Å². The molecule has 0 aromatic heterocycles. The quantitative estimate of drug-likeness (QED) is 0.680. The summed E-state index contributed by atoms with van der Waals surface area (Å²) in [5, 5.41) is 14.1. The minimum atomic E-state index is -1.03. The first-order chi connectivity index (χ1) is 10.1. The van der Waals surface area contributed by atoms with Gasteiger partial charge in [0.05, 0.1) is 7.11 Å². The molecule has 116 valence electrons. The highest BCUT2D eigenvalue weighted by atomic mass is 32.2. The summed E-state index contributed by atoms with van der Waals surface area (Å²) in [5.74, 6) is 0.315. The second-order valence-electron chi connectivity index (χ2n) is 4.31. The number of thioether (sulfide) groups is 1. The fraction of sp³-hybridized carbons (Fsp3) is 0.429. The molecule has 1 aromatic rings. The molecule has 1 rings (SSSR count). The summed E-state index contributed by atoms with van der Waals surface area (Å²) in [6.45, 7) is 0.269. The predicted octanol–water partition coefficient (Wildman–Crippen LogP) is 1.70. The van der Waals surface area contributed by atoms with E-state index in [0.29, 0.717) is 17.9 Å². The van der Waals surface area contributed by atoms with E-state index in [9.17, 15) is 9.59 Å². The number of aliphatic carboxylic acids is 1. The molecule has 7 heteroatoms. The Labute approximate surface area is 128 Å². The molecule has 0 aliphatic heterocycles. The van der Waals surface area contributed by atoms with Gasteiger partial charge < -0.3 is 20.5 Å². The second-order valence-corrected chi connectivity index (χ2v) is 5.30. The minimum Gasteiger partial charge on any atom is -0.496 e. The highest BCUT2D eigenvalue weighted by molar-refractivity contribution is 7.98. The Hall–Kier alpha value is -1.89. The van der Waals surface area contributed by atoms with Crippen LogP contribution in [0.5, 0.6) is 5.75 Å². The van der Waals surface area contributed by atoms with Gasteiger partial charge in [0.2, 0.25) is 0 Å². The van der Waals surface area contributed by atoms with Gasteiger partial charge in [0, 0.05) is 12.1 Å². The van der Waals surface area contributed by atoms with Crippen LogP contribution in [0.15, 0.2) is 24.3 Å². The summed E-state index contributed by atoms with van der Waals surface area (Å²) in [5.41, 5.74) is 0.825. The number of urea groups is 1. The topological polar surface area (TPSA) is 87.7 Å². The number of hydrogen-bond donors (Lipinski definition) is 3. The average molecular weight is 312 g/mol. The van der Waals surface area contributed by atoms with Crippen molar-refractivity contribution in [3.8, 4) is 5.75 Å². The van der Waals surface area contributed by atoms with Crippen LogP contribution in [-0.2, 0) is 11.3 Å². The smallest absolute Gasteiger partial charge is 0.326 e. The van der Waals surface area contributed by atoms with Gasteiger partial charge in [-0.3, -0.25) is 0 Å². The fourth-order valence-corrected chi connectivity index (χ4v) is 2.20. The predicted molar refractivity (Wildman–Crippen MR) is 82.8 cm³/mol. The van der Waals surface area contributed by atoms with Crippen molar-refractivity contribution in [1.82, 2.24) is 10.6 Å². The number of benzene rings is 1. The van der Waals surface area contributed by atoms with Crippen molar-refractivity contribution >= 4 is 23.8 Å². The lowest BCUT2D eigenvalue weighted by molar-refractivity contribution is -0.139. The first-order valence-corrected chi connectivity index (χ1v) is 7.86. The Morgan fingerprint density at radius 1 is 1.38 bits per heavy atom. The summed E-state index contributed by atoms with van der Waals surface area (Å²) in [6, 6.07) is 5.93. The summed E-state index contributed by atoms with van der Waals surface area (Å²) < 4.78 is 5.18. The summed E-state index contributed by atoms with van der Waals surface area (Å²) >= 11 is 1.54. The molecule has 0 aliphatic rings. The maximum absolute atomic E-state index is 11.8. The van der Waals surface area contributed by atoms with Crippen LogP contribution in [0.1, 0.15) is 12.0 Å². The number of carbonyl (C=O) groups is 2. The summed E-state index contributed by atoms with van der Waals surface area (Å²) in [6.07, 6.45) is 2.28. The molecule has 0 radical (unpaired) electrons. The zero-order valence-corrected chi connectivity index (χ0v) is 12.9. The van der Waals surface area contributed by atoms with Gasteiger partial charge >= 0.3 is 12.0 Å². The van der Waals surface area contributed by atoms with Crippen molar-refractivity contribution in [2.24, 2.45) is 0 Å². The molecule has 0 fully saturated rings. The number of para-hydroxylation sites is 1. The number of hydrogen-bond acceptors (Lipinski definition) is 4. The van der Waals surface area contributed by atoms with E-state index in [1.807, 2.05) is 24.5 Å². The zero-order valence-electron chi connectivity index (χ0n) is 12.1. The Bertz CT molecular complexity index is 482. The van der Waals surface area contributed by atoms with Crippen molar-refractivity contribution in [2.75, 3.05) is 19.1 Å². The molecule has 0 saturated heterocycles. The number of amides is 2. The fourth-order valence-electron chi connectivity index (χ4n) is 1.73. The average Bonchev–Trinajstić information content (AvgIpc) is 2.49. The molecular weight excluding hydrogens is 292 g/mol. The highest BCUT2D eigenvalue weighted by Gasteiger charge is 2.19. The van der Waals surface area contributed by atoms with E-state index in [1.54, 1.807) is 13.2 Å². The van der Waals surface area contributed by atoms with Crippen molar-refractivity contribution in [2.45, 2.75) is 19.0 Å². The molecule has 1 atom stereocenters. The van der Waals surface area contributed by atoms with E-state index in [-0.39, 0.29) is 6.54 Å². The number of carboxylic acids is 1. The Morgan fingerprint density at radius 3 is 2.71 bits per heavy atom. The van der Waals surface area contributed by atoms with E-state index < -0.39 is 18.0 Å². The van der Waals surface area contributed by atoms with E-state index in [4.69, 9.17) is 9.84 Å². The van der Waals surface area contributed by atoms with Crippen molar-refractivity contribution in [3.63, 3.8) is 0 Å². The Morgan fingerprint density at radius 2 is 2.10 bits per heavy atom. The third-order valence-electron chi connectivity index (χ3n) is 2.85. The number of carbonyl (C=O) groups excluding carboxylic acids is 1. The van der Waals surface area contributed by atoms with E-state index in [1.165, 1.54) is 11.8 Å². The van der Waals surface area contributed by atoms with Crippen LogP contribution < -0.4 is 15.4 Å². The molecular formula is C14H20N2O4S. The molecule has 3 N–H and O–H groups in total. The number of methoxy groups -OCH3 is 1.